The Kier molecular flexibility index (Phi) is 1.79. The van der Waals surface area contributed by atoms with Gasteiger partial charge in [0.2, 0.25) is 5.91 Å². The van der Waals surface area contributed by atoms with E-state index in [-0.39, 0.29) is 23.6 Å². The monoisotopic (exact) mass is 179 g/mol. The SMILES string of the molecule is NC(=O)[C@@H]1C[C@H]1c1cccc(F)c1. The van der Waals surface area contributed by atoms with Gasteiger partial charge in [-0.3, -0.25) is 4.79 Å². The predicted octanol–water partition coefficient (Wildman–Crippen LogP) is 1.41. The average molecular weight is 179 g/mol. The Labute approximate surface area is 75.6 Å². The van der Waals surface area contributed by atoms with Crippen molar-refractivity contribution in [3.05, 3.63) is 35.6 Å². The van der Waals surface area contributed by atoms with E-state index in [1.54, 1.807) is 6.07 Å². The standard InChI is InChI=1S/C10H10FNO/c11-7-3-1-2-6(4-7)8-5-9(8)10(12)13/h1-4,8-9H,5H2,(H2,12,13)/t8-,9+/m0/s1. The van der Waals surface area contributed by atoms with Gasteiger partial charge >= 0.3 is 0 Å². The molecule has 0 aromatic heterocycles. The summed E-state index contributed by atoms with van der Waals surface area (Å²) in [5, 5.41) is 0. The van der Waals surface area contributed by atoms with E-state index in [0.29, 0.717) is 0 Å². The molecular formula is C10H10FNO. The number of benzene rings is 1. The lowest BCUT2D eigenvalue weighted by atomic mass is 10.1. The second-order valence-electron chi connectivity index (χ2n) is 3.41. The number of halogens is 1. The minimum absolute atomic E-state index is 0.0817. The maximum Gasteiger partial charge on any atom is 0.221 e. The molecule has 1 aromatic carbocycles. The minimum Gasteiger partial charge on any atom is -0.369 e. The molecule has 68 valence electrons. The zero-order valence-corrected chi connectivity index (χ0v) is 7.03. The van der Waals surface area contributed by atoms with Crippen LogP contribution in [0.2, 0.25) is 0 Å². The van der Waals surface area contributed by atoms with Gasteiger partial charge in [-0.25, -0.2) is 4.39 Å². The molecule has 0 unspecified atom stereocenters. The fourth-order valence-electron chi connectivity index (χ4n) is 1.62. The van der Waals surface area contributed by atoms with E-state index in [9.17, 15) is 9.18 Å². The van der Waals surface area contributed by atoms with Crippen molar-refractivity contribution in [2.75, 3.05) is 0 Å². The number of hydrogen-bond donors (Lipinski definition) is 1. The van der Waals surface area contributed by atoms with E-state index >= 15 is 0 Å². The molecule has 0 spiro atoms. The Hall–Kier alpha value is -1.38. The third kappa shape index (κ3) is 1.54. The molecule has 2 N–H and O–H groups in total. The maximum absolute atomic E-state index is 12.8. The lowest BCUT2D eigenvalue weighted by Gasteiger charge is -1.97. The molecule has 1 saturated carbocycles. The number of primary amides is 1. The Morgan fingerprint density at radius 1 is 1.54 bits per heavy atom. The van der Waals surface area contributed by atoms with Crippen molar-refractivity contribution < 1.29 is 9.18 Å². The maximum atomic E-state index is 12.8. The van der Waals surface area contributed by atoms with E-state index in [4.69, 9.17) is 5.73 Å². The molecule has 0 heterocycles. The summed E-state index contributed by atoms with van der Waals surface area (Å²) < 4.78 is 12.8. The van der Waals surface area contributed by atoms with Crippen molar-refractivity contribution in [2.24, 2.45) is 11.7 Å². The van der Waals surface area contributed by atoms with Crippen LogP contribution in [0.15, 0.2) is 24.3 Å². The zero-order valence-electron chi connectivity index (χ0n) is 7.03. The number of carbonyl (C=O) groups excluding carboxylic acids is 1. The number of rotatable bonds is 2. The summed E-state index contributed by atoms with van der Waals surface area (Å²) in [6.45, 7) is 0. The topological polar surface area (TPSA) is 43.1 Å². The summed E-state index contributed by atoms with van der Waals surface area (Å²) in [7, 11) is 0. The van der Waals surface area contributed by atoms with Crippen LogP contribution in [0.5, 0.6) is 0 Å². The fourth-order valence-corrected chi connectivity index (χ4v) is 1.62. The molecule has 13 heavy (non-hydrogen) atoms. The van der Waals surface area contributed by atoms with Crippen molar-refractivity contribution >= 4 is 5.91 Å². The molecule has 2 nitrogen and oxygen atoms in total. The van der Waals surface area contributed by atoms with E-state index in [1.165, 1.54) is 12.1 Å². The molecule has 2 rings (SSSR count). The molecule has 0 bridgehead atoms. The highest BCUT2D eigenvalue weighted by atomic mass is 19.1. The molecule has 2 atom stereocenters. The van der Waals surface area contributed by atoms with Gasteiger partial charge in [-0.05, 0) is 30.0 Å². The van der Waals surface area contributed by atoms with Crippen molar-refractivity contribution in [1.82, 2.24) is 0 Å². The molecule has 0 saturated heterocycles. The number of hydrogen-bond acceptors (Lipinski definition) is 1. The van der Waals surface area contributed by atoms with Crippen molar-refractivity contribution in [3.8, 4) is 0 Å². The first kappa shape index (κ1) is 8.23. The Morgan fingerprint density at radius 3 is 2.85 bits per heavy atom. The molecule has 1 fully saturated rings. The Balaban J connectivity index is 2.16. The Morgan fingerprint density at radius 2 is 2.31 bits per heavy atom. The third-order valence-electron chi connectivity index (χ3n) is 2.43. The first-order chi connectivity index (χ1) is 6.18. The predicted molar refractivity (Wildman–Crippen MR) is 46.4 cm³/mol. The summed E-state index contributed by atoms with van der Waals surface area (Å²) in [6, 6.07) is 6.34. The van der Waals surface area contributed by atoms with Crippen molar-refractivity contribution in [2.45, 2.75) is 12.3 Å². The number of carbonyl (C=O) groups is 1. The van der Waals surface area contributed by atoms with Crippen LogP contribution < -0.4 is 5.73 Å². The fraction of sp³-hybridized carbons (Fsp3) is 0.300. The highest BCUT2D eigenvalue weighted by Gasteiger charge is 2.42. The normalized spacial score (nSPS) is 25.6. The van der Waals surface area contributed by atoms with Crippen LogP contribution in [0.1, 0.15) is 17.9 Å². The van der Waals surface area contributed by atoms with Gasteiger partial charge in [0.25, 0.3) is 0 Å². The summed E-state index contributed by atoms with van der Waals surface area (Å²) in [5.74, 6) is -0.475. The van der Waals surface area contributed by atoms with E-state index in [0.717, 1.165) is 12.0 Å². The largest absolute Gasteiger partial charge is 0.369 e. The summed E-state index contributed by atoms with van der Waals surface area (Å²) >= 11 is 0. The lowest BCUT2D eigenvalue weighted by Crippen LogP contribution is -2.13. The van der Waals surface area contributed by atoms with Gasteiger partial charge < -0.3 is 5.73 Å². The number of nitrogens with two attached hydrogens (primary N) is 1. The van der Waals surface area contributed by atoms with Crippen LogP contribution in [0, 0.1) is 11.7 Å². The van der Waals surface area contributed by atoms with Crippen LogP contribution in [0.3, 0.4) is 0 Å². The van der Waals surface area contributed by atoms with Gasteiger partial charge in [0.15, 0.2) is 0 Å². The summed E-state index contributed by atoms with van der Waals surface area (Å²) in [6.07, 6.45) is 0.763. The second kappa shape index (κ2) is 2.83. The molecule has 1 aliphatic carbocycles. The van der Waals surface area contributed by atoms with Gasteiger partial charge in [-0.1, -0.05) is 12.1 Å². The smallest absolute Gasteiger partial charge is 0.221 e. The van der Waals surface area contributed by atoms with E-state index in [1.807, 2.05) is 6.07 Å². The first-order valence-corrected chi connectivity index (χ1v) is 4.23. The van der Waals surface area contributed by atoms with Crippen LogP contribution in [-0.2, 0) is 4.79 Å². The summed E-state index contributed by atoms with van der Waals surface area (Å²) in [5.41, 5.74) is 6.01. The molecule has 1 aliphatic rings. The van der Waals surface area contributed by atoms with Crippen molar-refractivity contribution in [1.29, 1.82) is 0 Å². The highest BCUT2D eigenvalue weighted by Crippen LogP contribution is 2.47. The molecule has 1 aromatic rings. The molecule has 1 amide bonds. The van der Waals surface area contributed by atoms with Gasteiger partial charge in [-0.2, -0.15) is 0 Å². The molecular weight excluding hydrogens is 169 g/mol. The third-order valence-corrected chi connectivity index (χ3v) is 2.43. The number of amides is 1. The van der Waals surface area contributed by atoms with Crippen LogP contribution in [0.25, 0.3) is 0 Å². The molecule has 3 heteroatoms. The van der Waals surface area contributed by atoms with Gasteiger partial charge in [-0.15, -0.1) is 0 Å². The Bertz CT molecular complexity index is 351. The zero-order chi connectivity index (χ0) is 9.42. The van der Waals surface area contributed by atoms with Crippen LogP contribution >= 0.6 is 0 Å². The summed E-state index contributed by atoms with van der Waals surface area (Å²) in [4.78, 5) is 10.8. The van der Waals surface area contributed by atoms with E-state index in [2.05, 4.69) is 0 Å². The first-order valence-electron chi connectivity index (χ1n) is 4.23. The van der Waals surface area contributed by atoms with Gasteiger partial charge in [0.1, 0.15) is 5.82 Å². The molecule has 0 radical (unpaired) electrons. The van der Waals surface area contributed by atoms with Crippen LogP contribution in [0.4, 0.5) is 4.39 Å². The quantitative estimate of drug-likeness (QED) is 0.732. The lowest BCUT2D eigenvalue weighted by molar-refractivity contribution is -0.119. The van der Waals surface area contributed by atoms with Gasteiger partial charge in [0.05, 0.1) is 0 Å². The minimum atomic E-state index is -0.283. The molecule has 0 aliphatic heterocycles. The van der Waals surface area contributed by atoms with E-state index < -0.39 is 0 Å². The van der Waals surface area contributed by atoms with Crippen molar-refractivity contribution in [3.63, 3.8) is 0 Å². The van der Waals surface area contributed by atoms with Gasteiger partial charge in [0, 0.05) is 5.92 Å². The van der Waals surface area contributed by atoms with Crippen LogP contribution in [-0.4, -0.2) is 5.91 Å². The second-order valence-corrected chi connectivity index (χ2v) is 3.41. The highest BCUT2D eigenvalue weighted by molar-refractivity contribution is 5.81. The average Bonchev–Trinajstić information content (AvgIpc) is 2.82.